The lowest BCUT2D eigenvalue weighted by atomic mass is 10.1. The summed E-state index contributed by atoms with van der Waals surface area (Å²) in [5.41, 5.74) is 0.741. The zero-order valence-electron chi connectivity index (χ0n) is 7.46. The molecule has 0 atom stereocenters. The molecule has 0 saturated heterocycles. The molecule has 1 aromatic heterocycles. The highest BCUT2D eigenvalue weighted by Gasteiger charge is 2.12. The third-order valence-electron chi connectivity index (χ3n) is 1.94. The quantitative estimate of drug-likeness (QED) is 0.805. The molecular formula is C10H5ClFN3. The molecule has 0 aliphatic heterocycles. The highest BCUT2D eigenvalue weighted by atomic mass is 35.5. The van der Waals surface area contributed by atoms with E-state index in [0.29, 0.717) is 10.7 Å². The van der Waals surface area contributed by atoms with Crippen molar-refractivity contribution in [2.45, 2.75) is 0 Å². The summed E-state index contributed by atoms with van der Waals surface area (Å²) in [5.74, 6) is -0.444. The molecule has 0 saturated carbocycles. The number of halogens is 2. The second kappa shape index (κ2) is 3.71. The Morgan fingerprint density at radius 1 is 1.47 bits per heavy atom. The van der Waals surface area contributed by atoms with E-state index in [9.17, 15) is 4.39 Å². The maximum absolute atomic E-state index is 13.4. The van der Waals surface area contributed by atoms with E-state index in [1.165, 1.54) is 24.5 Å². The van der Waals surface area contributed by atoms with Gasteiger partial charge in [-0.05, 0) is 18.2 Å². The summed E-state index contributed by atoms with van der Waals surface area (Å²) in [6, 6.07) is 6.02. The first-order chi connectivity index (χ1) is 7.22. The van der Waals surface area contributed by atoms with Crippen molar-refractivity contribution in [1.29, 1.82) is 5.26 Å². The van der Waals surface area contributed by atoms with Gasteiger partial charge in [-0.1, -0.05) is 11.6 Å². The van der Waals surface area contributed by atoms with E-state index in [1.54, 1.807) is 0 Å². The maximum atomic E-state index is 13.4. The summed E-state index contributed by atoms with van der Waals surface area (Å²) in [6.45, 7) is 0. The molecule has 0 aliphatic rings. The molecule has 0 fully saturated rings. The summed E-state index contributed by atoms with van der Waals surface area (Å²) in [7, 11) is 0. The van der Waals surface area contributed by atoms with Gasteiger partial charge in [0, 0.05) is 10.6 Å². The van der Waals surface area contributed by atoms with Crippen molar-refractivity contribution in [3.8, 4) is 17.3 Å². The van der Waals surface area contributed by atoms with Crippen molar-refractivity contribution >= 4 is 11.6 Å². The molecule has 0 spiro atoms. The van der Waals surface area contributed by atoms with Crippen molar-refractivity contribution in [2.75, 3.05) is 0 Å². The van der Waals surface area contributed by atoms with Crippen LogP contribution in [-0.4, -0.2) is 9.97 Å². The summed E-state index contributed by atoms with van der Waals surface area (Å²) < 4.78 is 13.4. The molecule has 0 aliphatic carbocycles. The Hall–Kier alpha value is -1.86. The number of rotatable bonds is 1. The molecule has 2 rings (SSSR count). The fourth-order valence-corrected chi connectivity index (χ4v) is 1.45. The largest absolute Gasteiger partial charge is 0.343 e. The van der Waals surface area contributed by atoms with Gasteiger partial charge in [-0.15, -0.1) is 0 Å². The van der Waals surface area contributed by atoms with Crippen molar-refractivity contribution < 1.29 is 4.39 Å². The fourth-order valence-electron chi connectivity index (χ4n) is 1.27. The average molecular weight is 222 g/mol. The SMILES string of the molecule is N#Cc1nc[nH]c1-c1cc(Cl)ccc1F. The summed E-state index contributed by atoms with van der Waals surface area (Å²) in [5, 5.41) is 9.15. The number of hydrogen-bond donors (Lipinski definition) is 1. The van der Waals surface area contributed by atoms with E-state index in [4.69, 9.17) is 16.9 Å². The molecule has 15 heavy (non-hydrogen) atoms. The minimum atomic E-state index is -0.444. The molecule has 1 heterocycles. The number of H-pyrrole nitrogens is 1. The van der Waals surface area contributed by atoms with Gasteiger partial charge in [-0.25, -0.2) is 9.37 Å². The van der Waals surface area contributed by atoms with Crippen molar-refractivity contribution in [3.05, 3.63) is 41.1 Å². The van der Waals surface area contributed by atoms with Gasteiger partial charge in [0.2, 0.25) is 0 Å². The van der Waals surface area contributed by atoms with Crippen molar-refractivity contribution in [1.82, 2.24) is 9.97 Å². The first-order valence-corrected chi connectivity index (χ1v) is 4.49. The normalized spacial score (nSPS) is 9.93. The molecule has 1 N–H and O–H groups in total. The Balaban J connectivity index is 2.64. The number of benzene rings is 1. The molecule has 3 nitrogen and oxygen atoms in total. The number of aromatic nitrogens is 2. The smallest absolute Gasteiger partial charge is 0.166 e. The highest BCUT2D eigenvalue weighted by molar-refractivity contribution is 6.30. The van der Waals surface area contributed by atoms with Crippen molar-refractivity contribution in [3.63, 3.8) is 0 Å². The van der Waals surface area contributed by atoms with Gasteiger partial charge in [0.1, 0.15) is 11.9 Å². The van der Waals surface area contributed by atoms with Gasteiger partial charge in [0.15, 0.2) is 5.69 Å². The van der Waals surface area contributed by atoms with Crippen molar-refractivity contribution in [2.24, 2.45) is 0 Å². The van der Waals surface area contributed by atoms with Crippen LogP contribution in [0.15, 0.2) is 24.5 Å². The van der Waals surface area contributed by atoms with E-state index in [1.807, 2.05) is 6.07 Å². The lowest BCUT2D eigenvalue weighted by Crippen LogP contribution is -1.87. The standard InChI is InChI=1S/C10H5ClFN3/c11-6-1-2-8(12)7(3-6)10-9(4-13)14-5-15-10/h1-3,5H,(H,14,15). The maximum Gasteiger partial charge on any atom is 0.166 e. The number of nitriles is 1. The average Bonchev–Trinajstić information content (AvgIpc) is 2.69. The Kier molecular flexibility index (Phi) is 2.40. The fraction of sp³-hybridized carbons (Fsp3) is 0. The third-order valence-corrected chi connectivity index (χ3v) is 2.18. The minimum Gasteiger partial charge on any atom is -0.343 e. The summed E-state index contributed by atoms with van der Waals surface area (Å²) in [6.07, 6.45) is 1.34. The van der Waals surface area contributed by atoms with E-state index in [-0.39, 0.29) is 11.3 Å². The van der Waals surface area contributed by atoms with E-state index < -0.39 is 5.82 Å². The van der Waals surface area contributed by atoms with Gasteiger partial charge < -0.3 is 4.98 Å². The number of aromatic amines is 1. The van der Waals surface area contributed by atoms with Gasteiger partial charge >= 0.3 is 0 Å². The molecular weight excluding hydrogens is 217 g/mol. The minimum absolute atomic E-state index is 0.149. The van der Waals surface area contributed by atoms with Gasteiger partial charge in [-0.2, -0.15) is 5.26 Å². The third kappa shape index (κ3) is 1.69. The lowest BCUT2D eigenvalue weighted by molar-refractivity contribution is 0.631. The zero-order valence-corrected chi connectivity index (χ0v) is 8.22. The first-order valence-electron chi connectivity index (χ1n) is 4.11. The van der Waals surface area contributed by atoms with E-state index >= 15 is 0 Å². The van der Waals surface area contributed by atoms with Crippen LogP contribution in [0.25, 0.3) is 11.3 Å². The number of imidazole rings is 1. The van der Waals surface area contributed by atoms with Crippen LogP contribution < -0.4 is 0 Å². The number of nitrogens with one attached hydrogen (secondary N) is 1. The highest BCUT2D eigenvalue weighted by Crippen LogP contribution is 2.26. The Bertz CT molecular complexity index is 542. The van der Waals surface area contributed by atoms with Crippen LogP contribution in [0.4, 0.5) is 4.39 Å². The van der Waals surface area contributed by atoms with E-state index in [2.05, 4.69) is 9.97 Å². The lowest BCUT2D eigenvalue weighted by Gasteiger charge is -2.01. The second-order valence-electron chi connectivity index (χ2n) is 2.86. The van der Waals surface area contributed by atoms with Crippen LogP contribution in [0.1, 0.15) is 5.69 Å². The molecule has 0 radical (unpaired) electrons. The molecule has 74 valence electrons. The van der Waals surface area contributed by atoms with E-state index in [0.717, 1.165) is 0 Å². The monoisotopic (exact) mass is 221 g/mol. The molecule has 1 aromatic carbocycles. The molecule has 5 heteroatoms. The summed E-state index contributed by atoms with van der Waals surface area (Å²) in [4.78, 5) is 6.46. The van der Waals surface area contributed by atoms with Crippen LogP contribution in [0.2, 0.25) is 5.02 Å². The molecule has 0 bridgehead atoms. The van der Waals surface area contributed by atoms with Crippen LogP contribution in [0.3, 0.4) is 0 Å². The van der Waals surface area contributed by atoms with Crippen LogP contribution >= 0.6 is 11.6 Å². The Labute approximate surface area is 90.1 Å². The predicted molar refractivity (Wildman–Crippen MR) is 53.7 cm³/mol. The van der Waals surface area contributed by atoms with Crippen LogP contribution in [0, 0.1) is 17.1 Å². The Morgan fingerprint density at radius 3 is 3.00 bits per heavy atom. The van der Waals surface area contributed by atoms with Crippen LogP contribution in [-0.2, 0) is 0 Å². The predicted octanol–water partition coefficient (Wildman–Crippen LogP) is 2.74. The second-order valence-corrected chi connectivity index (χ2v) is 3.30. The summed E-state index contributed by atoms with van der Waals surface area (Å²) >= 11 is 5.75. The molecule has 2 aromatic rings. The zero-order chi connectivity index (χ0) is 10.8. The van der Waals surface area contributed by atoms with Gasteiger partial charge in [0.05, 0.1) is 12.0 Å². The van der Waals surface area contributed by atoms with Crippen LogP contribution in [0.5, 0.6) is 0 Å². The first kappa shape index (κ1) is 9.69. The molecule has 0 amide bonds. The molecule has 0 unspecified atom stereocenters. The van der Waals surface area contributed by atoms with Gasteiger partial charge in [0.25, 0.3) is 0 Å². The number of nitrogens with zero attached hydrogens (tertiary/aromatic N) is 2. The Morgan fingerprint density at radius 2 is 2.27 bits per heavy atom. The van der Waals surface area contributed by atoms with Gasteiger partial charge in [-0.3, -0.25) is 0 Å². The topological polar surface area (TPSA) is 52.5 Å². The number of hydrogen-bond acceptors (Lipinski definition) is 2.